The molecule has 0 aliphatic heterocycles. The first kappa shape index (κ1) is 22.4. The number of hydrogen-bond acceptors (Lipinski definition) is 2. The Bertz CT molecular complexity index is 1320. The van der Waals surface area contributed by atoms with Gasteiger partial charge < -0.3 is 4.74 Å². The van der Waals surface area contributed by atoms with Gasteiger partial charge in [0.15, 0.2) is 17.5 Å². The van der Waals surface area contributed by atoms with Crippen molar-refractivity contribution in [3.05, 3.63) is 95.4 Å². The van der Waals surface area contributed by atoms with E-state index in [1.165, 1.54) is 12.1 Å². The van der Waals surface area contributed by atoms with Gasteiger partial charge in [-0.2, -0.15) is 0 Å². The van der Waals surface area contributed by atoms with Crippen LogP contribution in [0.15, 0.2) is 66.9 Å². The molecule has 0 radical (unpaired) electrons. The molecule has 166 valence electrons. The summed E-state index contributed by atoms with van der Waals surface area (Å²) in [5.41, 5.74) is 3.15. The number of ether oxygens (including phenoxy) is 1. The molecule has 0 unspecified atom stereocenters. The van der Waals surface area contributed by atoms with Crippen LogP contribution in [0.4, 0.5) is 13.2 Å². The lowest BCUT2D eigenvalue weighted by atomic mass is 10.1. The van der Waals surface area contributed by atoms with Gasteiger partial charge in [-0.1, -0.05) is 49.8 Å². The number of fused-ring (bicyclic) bond motifs is 1. The average Bonchev–Trinajstić information content (AvgIpc) is 2.84. The van der Waals surface area contributed by atoms with Crippen molar-refractivity contribution in [1.82, 2.24) is 4.98 Å². The number of hydrogen-bond donors (Lipinski definition) is 0. The Hall–Kier alpha value is -3.78. The van der Waals surface area contributed by atoms with E-state index in [4.69, 9.17) is 4.74 Å². The molecule has 1 aromatic heterocycles. The summed E-state index contributed by atoms with van der Waals surface area (Å²) in [6, 6.07) is 17.0. The number of unbranched alkanes of at least 4 members (excludes halogenated alkanes) is 2. The molecule has 0 saturated heterocycles. The highest BCUT2D eigenvalue weighted by molar-refractivity contribution is 5.84. The highest BCUT2D eigenvalue weighted by Crippen LogP contribution is 2.24. The molecule has 4 rings (SSSR count). The van der Waals surface area contributed by atoms with Crippen molar-refractivity contribution in [3.8, 4) is 28.8 Å². The molecule has 1 heterocycles. The lowest BCUT2D eigenvalue weighted by molar-refractivity contribution is 0.305. The van der Waals surface area contributed by atoms with Gasteiger partial charge in [0.05, 0.1) is 18.5 Å². The number of halogens is 3. The maximum absolute atomic E-state index is 13.9. The Morgan fingerprint density at radius 3 is 2.30 bits per heavy atom. The van der Waals surface area contributed by atoms with Gasteiger partial charge in [0.1, 0.15) is 5.75 Å². The van der Waals surface area contributed by atoms with Gasteiger partial charge in [0.2, 0.25) is 0 Å². The Kier molecular flexibility index (Phi) is 6.95. The fourth-order valence-corrected chi connectivity index (χ4v) is 3.43. The van der Waals surface area contributed by atoms with Crippen molar-refractivity contribution in [2.75, 3.05) is 6.61 Å². The maximum Gasteiger partial charge on any atom is 0.195 e. The molecule has 0 N–H and O–H groups in total. The highest BCUT2D eigenvalue weighted by Gasteiger charge is 2.13. The molecule has 0 saturated carbocycles. The molecule has 0 bridgehead atoms. The zero-order chi connectivity index (χ0) is 23.2. The first-order valence-electron chi connectivity index (χ1n) is 10.8. The van der Waals surface area contributed by atoms with Crippen LogP contribution in [0.2, 0.25) is 0 Å². The normalized spacial score (nSPS) is 10.7. The molecule has 3 aromatic carbocycles. The van der Waals surface area contributed by atoms with Crippen LogP contribution in [0.1, 0.15) is 37.3 Å². The minimum Gasteiger partial charge on any atom is -0.492 e. The van der Waals surface area contributed by atoms with Gasteiger partial charge in [-0.3, -0.25) is 4.98 Å². The predicted molar refractivity (Wildman–Crippen MR) is 124 cm³/mol. The van der Waals surface area contributed by atoms with Crippen LogP contribution in [0.3, 0.4) is 0 Å². The third kappa shape index (κ3) is 5.35. The second-order valence-corrected chi connectivity index (χ2v) is 7.68. The van der Waals surface area contributed by atoms with Crippen LogP contribution < -0.4 is 4.74 Å². The summed E-state index contributed by atoms with van der Waals surface area (Å²) < 4.78 is 46.5. The van der Waals surface area contributed by atoms with Gasteiger partial charge in [-0.15, -0.1) is 0 Å². The second kappa shape index (κ2) is 10.2. The number of benzene rings is 3. The minimum atomic E-state index is -1.47. The SMILES string of the molecule is CCCCCOc1ccc(-c2ccc(C#Cc3ccc4c(F)c(F)c(F)cc4c3)cc2)nc1. The molecule has 0 aliphatic carbocycles. The fraction of sp³-hybridized carbons (Fsp3) is 0.179. The summed E-state index contributed by atoms with van der Waals surface area (Å²) in [4.78, 5) is 4.47. The molecule has 4 aromatic rings. The van der Waals surface area contributed by atoms with Crippen molar-refractivity contribution in [3.63, 3.8) is 0 Å². The molecule has 0 aliphatic rings. The van der Waals surface area contributed by atoms with Gasteiger partial charge in [-0.05, 0) is 54.3 Å². The predicted octanol–water partition coefficient (Wildman–Crippen LogP) is 7.29. The van der Waals surface area contributed by atoms with E-state index in [-0.39, 0.29) is 10.8 Å². The maximum atomic E-state index is 13.9. The number of nitrogens with zero attached hydrogens (tertiary/aromatic N) is 1. The second-order valence-electron chi connectivity index (χ2n) is 7.68. The molecular weight excluding hydrogens is 423 g/mol. The highest BCUT2D eigenvalue weighted by atomic mass is 19.2. The lowest BCUT2D eigenvalue weighted by Crippen LogP contribution is -1.97. The number of rotatable bonds is 6. The van der Waals surface area contributed by atoms with E-state index in [1.54, 1.807) is 12.3 Å². The molecule has 0 atom stereocenters. The summed E-state index contributed by atoms with van der Waals surface area (Å²) in [7, 11) is 0. The van der Waals surface area contributed by atoms with E-state index in [9.17, 15) is 13.2 Å². The molecular formula is C28H22F3NO. The smallest absolute Gasteiger partial charge is 0.195 e. The van der Waals surface area contributed by atoms with E-state index in [0.717, 1.165) is 47.9 Å². The van der Waals surface area contributed by atoms with E-state index >= 15 is 0 Å². The first-order chi connectivity index (χ1) is 16.0. The van der Waals surface area contributed by atoms with Crippen LogP contribution in [-0.4, -0.2) is 11.6 Å². The van der Waals surface area contributed by atoms with Gasteiger partial charge in [0, 0.05) is 22.1 Å². The molecule has 33 heavy (non-hydrogen) atoms. The molecule has 0 spiro atoms. The zero-order valence-electron chi connectivity index (χ0n) is 18.2. The van der Waals surface area contributed by atoms with Crippen LogP contribution in [-0.2, 0) is 0 Å². The van der Waals surface area contributed by atoms with E-state index in [2.05, 4.69) is 23.7 Å². The Labute approximate surface area is 191 Å². The van der Waals surface area contributed by atoms with Crippen molar-refractivity contribution in [1.29, 1.82) is 0 Å². The summed E-state index contributed by atoms with van der Waals surface area (Å²) in [6.07, 6.45) is 5.07. The molecule has 0 fully saturated rings. The van der Waals surface area contributed by atoms with E-state index in [0.29, 0.717) is 12.2 Å². The number of aromatic nitrogens is 1. The Morgan fingerprint density at radius 1 is 0.818 bits per heavy atom. The number of pyridine rings is 1. The van der Waals surface area contributed by atoms with Gasteiger partial charge in [-0.25, -0.2) is 13.2 Å². The van der Waals surface area contributed by atoms with Gasteiger partial charge in [0.25, 0.3) is 0 Å². The topological polar surface area (TPSA) is 22.1 Å². The van der Waals surface area contributed by atoms with E-state index < -0.39 is 17.5 Å². The van der Waals surface area contributed by atoms with Crippen LogP contribution >= 0.6 is 0 Å². The Morgan fingerprint density at radius 2 is 1.58 bits per heavy atom. The van der Waals surface area contributed by atoms with E-state index in [1.807, 2.05) is 36.4 Å². The third-order valence-electron chi connectivity index (χ3n) is 5.26. The summed E-state index contributed by atoms with van der Waals surface area (Å²) >= 11 is 0. The van der Waals surface area contributed by atoms with Crippen molar-refractivity contribution >= 4 is 10.8 Å². The third-order valence-corrected chi connectivity index (χ3v) is 5.26. The monoisotopic (exact) mass is 445 g/mol. The van der Waals surface area contributed by atoms with Gasteiger partial charge >= 0.3 is 0 Å². The van der Waals surface area contributed by atoms with Crippen molar-refractivity contribution in [2.24, 2.45) is 0 Å². The standard InChI is InChI=1S/C28H22F3NO/c1-2-3-4-15-33-23-12-14-26(32-18-23)21-10-7-19(8-11-21)5-6-20-9-13-24-22(16-20)17-25(29)28(31)27(24)30/h7-14,16-18H,2-4,15H2,1H3. The van der Waals surface area contributed by atoms with Crippen LogP contribution in [0.25, 0.3) is 22.0 Å². The quantitative estimate of drug-likeness (QED) is 0.177. The van der Waals surface area contributed by atoms with Crippen LogP contribution in [0.5, 0.6) is 5.75 Å². The zero-order valence-corrected chi connectivity index (χ0v) is 18.2. The van der Waals surface area contributed by atoms with Crippen LogP contribution in [0, 0.1) is 29.3 Å². The fourth-order valence-electron chi connectivity index (χ4n) is 3.43. The summed E-state index contributed by atoms with van der Waals surface area (Å²) in [5.74, 6) is 2.90. The molecule has 0 amide bonds. The molecule has 2 nitrogen and oxygen atoms in total. The lowest BCUT2D eigenvalue weighted by Gasteiger charge is -2.06. The molecule has 5 heteroatoms. The van der Waals surface area contributed by atoms with Crippen molar-refractivity contribution < 1.29 is 17.9 Å². The first-order valence-corrected chi connectivity index (χ1v) is 10.8. The Balaban J connectivity index is 1.46. The minimum absolute atomic E-state index is 0.0219. The summed E-state index contributed by atoms with van der Waals surface area (Å²) in [5, 5.41) is 0.283. The summed E-state index contributed by atoms with van der Waals surface area (Å²) in [6.45, 7) is 2.85. The van der Waals surface area contributed by atoms with Crippen molar-refractivity contribution in [2.45, 2.75) is 26.2 Å². The largest absolute Gasteiger partial charge is 0.492 e. The average molecular weight is 445 g/mol.